The minimum atomic E-state index is -3.43. The average molecular weight is 342 g/mol. The first-order valence-corrected chi connectivity index (χ1v) is 9.56. The van der Waals surface area contributed by atoms with Crippen molar-refractivity contribution in [1.29, 1.82) is 0 Å². The molecule has 0 N–H and O–H groups in total. The van der Waals surface area contributed by atoms with Gasteiger partial charge in [0.05, 0.1) is 0 Å². The largest absolute Gasteiger partial charge is 0.349 e. The van der Waals surface area contributed by atoms with Crippen molar-refractivity contribution in [3.05, 3.63) is 29.3 Å². The van der Waals surface area contributed by atoms with Gasteiger partial charge in [-0.1, -0.05) is 0 Å². The van der Waals surface area contributed by atoms with Crippen LogP contribution in [-0.4, -0.2) is 38.1 Å². The molecule has 1 aliphatic rings. The molecule has 8 heteroatoms. The van der Waals surface area contributed by atoms with Crippen LogP contribution < -0.4 is 4.90 Å². The van der Waals surface area contributed by atoms with Gasteiger partial charge in [-0.05, 0) is 17.7 Å². The van der Waals surface area contributed by atoms with Crippen LogP contribution >= 0.6 is 23.4 Å². The second-order valence-corrected chi connectivity index (χ2v) is 8.21. The topological polar surface area (TPSA) is 37.4 Å². The maximum Gasteiger partial charge on any atom is 0.169 e. The molecule has 1 aliphatic heterocycles. The van der Waals surface area contributed by atoms with Crippen molar-refractivity contribution in [3.63, 3.8) is 0 Å². The van der Waals surface area contributed by atoms with Gasteiger partial charge in [-0.25, -0.2) is 17.2 Å². The Morgan fingerprint density at radius 3 is 2.50 bits per heavy atom. The highest BCUT2D eigenvalue weighted by atomic mass is 35.5. The summed E-state index contributed by atoms with van der Waals surface area (Å²) in [5, 5.41) is -0.910. The third-order valence-electron chi connectivity index (χ3n) is 3.10. The fourth-order valence-electron chi connectivity index (χ4n) is 2.16. The van der Waals surface area contributed by atoms with Crippen molar-refractivity contribution in [3.8, 4) is 0 Å². The van der Waals surface area contributed by atoms with Gasteiger partial charge >= 0.3 is 0 Å². The van der Waals surface area contributed by atoms with Crippen LogP contribution in [-0.2, 0) is 15.7 Å². The van der Waals surface area contributed by atoms with Gasteiger partial charge in [0.1, 0.15) is 22.7 Å². The van der Waals surface area contributed by atoms with Crippen LogP contribution in [0.25, 0.3) is 0 Å². The average Bonchev–Trinajstić information content (AvgIpc) is 2.37. The van der Waals surface area contributed by atoms with Gasteiger partial charge < -0.3 is 4.90 Å². The van der Waals surface area contributed by atoms with Gasteiger partial charge in [-0.3, -0.25) is 0 Å². The molecule has 1 aromatic rings. The molecule has 1 atom stereocenters. The lowest BCUT2D eigenvalue weighted by atomic mass is 10.2. The lowest BCUT2D eigenvalue weighted by molar-refractivity contribution is 0.556. The molecule has 0 bridgehead atoms. The molecule has 1 heterocycles. The van der Waals surface area contributed by atoms with E-state index in [2.05, 4.69) is 0 Å². The van der Waals surface area contributed by atoms with Gasteiger partial charge in [0.25, 0.3) is 0 Å². The zero-order valence-electron chi connectivity index (χ0n) is 10.8. The normalized spacial score (nSPS) is 20.2. The van der Waals surface area contributed by atoms with Crippen LogP contribution in [0, 0.1) is 11.6 Å². The zero-order valence-corrected chi connectivity index (χ0v) is 13.2. The van der Waals surface area contributed by atoms with Gasteiger partial charge in [0.2, 0.25) is 0 Å². The minimum absolute atomic E-state index is 0.000519. The van der Waals surface area contributed by atoms with Gasteiger partial charge in [0, 0.05) is 30.2 Å². The Hall–Kier alpha value is -0.530. The van der Waals surface area contributed by atoms with E-state index in [1.807, 2.05) is 0 Å². The number of hydrogen-bond acceptors (Lipinski definition) is 4. The second-order valence-electron chi connectivity index (χ2n) is 4.59. The van der Waals surface area contributed by atoms with E-state index in [-0.39, 0.29) is 18.1 Å². The summed E-state index contributed by atoms with van der Waals surface area (Å²) in [5.41, 5.74) is 0.0438. The summed E-state index contributed by atoms with van der Waals surface area (Å²) in [5.74, 6) is -0.626. The zero-order chi connectivity index (χ0) is 14.9. The fraction of sp³-hybridized carbons (Fsp3) is 0.500. The van der Waals surface area contributed by atoms with Crippen LogP contribution in [0.1, 0.15) is 5.56 Å². The lowest BCUT2D eigenvalue weighted by Gasteiger charge is -2.36. The number of benzene rings is 1. The highest BCUT2D eigenvalue weighted by Gasteiger charge is 2.34. The Balaban J connectivity index is 2.48. The summed E-state index contributed by atoms with van der Waals surface area (Å²) in [7, 11) is -3.43. The molecular weight excluding hydrogens is 328 g/mol. The molecule has 1 unspecified atom stereocenters. The highest BCUT2D eigenvalue weighted by molar-refractivity contribution is 8.01. The number of thioether (sulfide) groups is 1. The van der Waals surface area contributed by atoms with E-state index in [0.717, 1.165) is 18.4 Å². The molecule has 0 radical (unpaired) electrons. The molecule has 0 aliphatic carbocycles. The maximum absolute atomic E-state index is 14.1. The summed E-state index contributed by atoms with van der Waals surface area (Å²) in [4.78, 5) is 1.30. The first-order valence-electron chi connectivity index (χ1n) is 5.91. The summed E-state index contributed by atoms with van der Waals surface area (Å²) in [6.07, 6.45) is 1.08. The number of anilines is 1. The third-order valence-corrected chi connectivity index (χ3v) is 6.05. The van der Waals surface area contributed by atoms with E-state index in [0.29, 0.717) is 17.1 Å². The summed E-state index contributed by atoms with van der Waals surface area (Å²) in [6.45, 7) is 0.288. The van der Waals surface area contributed by atoms with E-state index in [4.69, 9.17) is 11.6 Å². The molecular formula is C12H14ClF2NO2S2. The molecule has 20 heavy (non-hydrogen) atoms. The summed E-state index contributed by atoms with van der Waals surface area (Å²) in [6, 6.07) is 2.29. The first kappa shape index (κ1) is 15.9. The van der Waals surface area contributed by atoms with E-state index < -0.39 is 26.8 Å². The fourth-order valence-corrected chi connectivity index (χ4v) is 5.14. The maximum atomic E-state index is 14.1. The summed E-state index contributed by atoms with van der Waals surface area (Å²) >= 11 is 7.02. The quantitative estimate of drug-likeness (QED) is 0.792. The second kappa shape index (κ2) is 6.07. The molecule has 0 aromatic heterocycles. The Morgan fingerprint density at radius 1 is 1.40 bits per heavy atom. The molecule has 112 valence electrons. The van der Waals surface area contributed by atoms with E-state index in [1.54, 1.807) is 0 Å². The molecule has 2 rings (SSSR count). The van der Waals surface area contributed by atoms with Gasteiger partial charge in [-0.15, -0.1) is 11.6 Å². The lowest BCUT2D eigenvalue weighted by Crippen LogP contribution is -2.47. The number of hydrogen-bond donors (Lipinski definition) is 0. The van der Waals surface area contributed by atoms with E-state index in [1.165, 1.54) is 16.7 Å². The van der Waals surface area contributed by atoms with Crippen molar-refractivity contribution in [2.45, 2.75) is 11.3 Å². The van der Waals surface area contributed by atoms with Crippen molar-refractivity contribution >= 4 is 38.9 Å². The van der Waals surface area contributed by atoms with Crippen LogP contribution in [0.15, 0.2) is 12.1 Å². The van der Waals surface area contributed by atoms with E-state index in [9.17, 15) is 17.2 Å². The Labute approximate surface area is 126 Å². The van der Waals surface area contributed by atoms with Crippen LogP contribution in [0.5, 0.6) is 0 Å². The highest BCUT2D eigenvalue weighted by Crippen LogP contribution is 2.32. The Kier molecular flexibility index (Phi) is 4.81. The number of alkyl halides is 1. The predicted molar refractivity (Wildman–Crippen MR) is 79.2 cm³/mol. The number of sulfone groups is 1. The Bertz CT molecular complexity index is 586. The molecule has 1 aromatic carbocycles. The van der Waals surface area contributed by atoms with Crippen molar-refractivity contribution in [2.24, 2.45) is 0 Å². The number of halogens is 3. The van der Waals surface area contributed by atoms with Crippen LogP contribution in [0.4, 0.5) is 14.5 Å². The number of nitrogens with zero attached hydrogens (tertiary/aromatic N) is 1. The predicted octanol–water partition coefficient (Wildman–Crippen LogP) is 2.63. The smallest absolute Gasteiger partial charge is 0.169 e. The van der Waals surface area contributed by atoms with Gasteiger partial charge in [-0.2, -0.15) is 11.8 Å². The summed E-state index contributed by atoms with van der Waals surface area (Å²) < 4.78 is 51.8. The van der Waals surface area contributed by atoms with Crippen LogP contribution in [0.2, 0.25) is 0 Å². The molecule has 0 spiro atoms. The monoisotopic (exact) mass is 341 g/mol. The van der Waals surface area contributed by atoms with E-state index >= 15 is 0 Å². The standard InChI is InChI=1S/C12H14ClF2NO2S2/c1-20(17,18)11-7-19-3-2-16(11)12-9(14)4-8(6-13)5-10(12)15/h4-5,11H,2-3,6-7H2,1H3. The van der Waals surface area contributed by atoms with Crippen molar-refractivity contribution in [2.75, 3.05) is 29.2 Å². The minimum Gasteiger partial charge on any atom is -0.349 e. The van der Waals surface area contributed by atoms with Gasteiger partial charge in [0.15, 0.2) is 9.84 Å². The van der Waals surface area contributed by atoms with Crippen LogP contribution in [0.3, 0.4) is 0 Å². The number of rotatable bonds is 3. The third kappa shape index (κ3) is 3.20. The molecule has 1 fully saturated rings. The Morgan fingerprint density at radius 2 is 2.00 bits per heavy atom. The van der Waals surface area contributed by atoms with Crippen molar-refractivity contribution < 1.29 is 17.2 Å². The molecule has 3 nitrogen and oxygen atoms in total. The molecule has 1 saturated heterocycles. The first-order chi connectivity index (χ1) is 9.34. The molecule has 0 saturated carbocycles. The SMILES string of the molecule is CS(=O)(=O)C1CSCCN1c1c(F)cc(CCl)cc1F. The molecule has 0 amide bonds. The van der Waals surface area contributed by atoms with Crippen molar-refractivity contribution in [1.82, 2.24) is 0 Å².